The third kappa shape index (κ3) is 2.96. The molecule has 2 rings (SSSR count). The van der Waals surface area contributed by atoms with Gasteiger partial charge >= 0.3 is 0 Å². The number of benzene rings is 1. The molecular weight excluding hydrogens is 212 g/mol. The topological polar surface area (TPSA) is 26.3 Å². The summed E-state index contributed by atoms with van der Waals surface area (Å²) < 4.78 is 5.18. The fraction of sp³-hybridized carbons (Fsp3) is 0.400. The van der Waals surface area contributed by atoms with Crippen LogP contribution >= 0.6 is 0 Å². The van der Waals surface area contributed by atoms with Gasteiger partial charge in [0.25, 0.3) is 0 Å². The maximum absolute atomic E-state index is 11.8. The van der Waals surface area contributed by atoms with Gasteiger partial charge in [-0.15, -0.1) is 0 Å². The quantitative estimate of drug-likeness (QED) is 0.727. The van der Waals surface area contributed by atoms with Crippen LogP contribution in [0.5, 0.6) is 5.75 Å². The second kappa shape index (κ2) is 5.17. The third-order valence-corrected chi connectivity index (χ3v) is 3.23. The Kier molecular flexibility index (Phi) is 3.62. The number of Topliss-reactive ketones (excluding diaryl/α,β-unsaturated/α-hetero) is 1. The molecule has 1 atom stereocenters. The first kappa shape index (κ1) is 11.9. The maximum Gasteiger partial charge on any atom is 0.158 e. The van der Waals surface area contributed by atoms with Crippen molar-refractivity contribution in [2.75, 3.05) is 7.11 Å². The first-order valence-corrected chi connectivity index (χ1v) is 6.07. The Bertz CT molecular complexity index is 446. The van der Waals surface area contributed by atoms with Gasteiger partial charge in [-0.1, -0.05) is 19.1 Å². The highest BCUT2D eigenvalue weighted by molar-refractivity contribution is 6.00. The van der Waals surface area contributed by atoms with Crippen LogP contribution in [-0.4, -0.2) is 12.9 Å². The predicted octanol–water partition coefficient (Wildman–Crippen LogP) is 3.47. The second-order valence-electron chi connectivity index (χ2n) is 4.72. The molecule has 2 heteroatoms. The Morgan fingerprint density at radius 3 is 3.00 bits per heavy atom. The van der Waals surface area contributed by atoms with E-state index in [0.29, 0.717) is 18.1 Å². The first-order chi connectivity index (χ1) is 8.19. The number of hydrogen-bond acceptors (Lipinski definition) is 2. The lowest BCUT2D eigenvalue weighted by Crippen LogP contribution is -2.14. The largest absolute Gasteiger partial charge is 0.497 e. The molecule has 0 bridgehead atoms. The molecule has 0 spiro atoms. The van der Waals surface area contributed by atoms with E-state index in [-0.39, 0.29) is 0 Å². The number of hydrogen-bond donors (Lipinski definition) is 0. The summed E-state index contributed by atoms with van der Waals surface area (Å²) in [6.45, 7) is 2.20. The Labute approximate surface area is 102 Å². The van der Waals surface area contributed by atoms with Crippen molar-refractivity contribution in [3.8, 4) is 5.75 Å². The molecule has 0 radical (unpaired) electrons. The Morgan fingerprint density at radius 2 is 2.24 bits per heavy atom. The van der Waals surface area contributed by atoms with Gasteiger partial charge in [0.15, 0.2) is 5.78 Å². The predicted molar refractivity (Wildman–Crippen MR) is 69.0 cm³/mol. The number of carbonyl (C=O) groups is 1. The van der Waals surface area contributed by atoms with E-state index in [1.807, 2.05) is 30.3 Å². The van der Waals surface area contributed by atoms with Gasteiger partial charge in [-0.2, -0.15) is 0 Å². The van der Waals surface area contributed by atoms with Gasteiger partial charge in [0.2, 0.25) is 0 Å². The summed E-state index contributed by atoms with van der Waals surface area (Å²) in [6, 6.07) is 7.82. The fourth-order valence-corrected chi connectivity index (χ4v) is 2.20. The molecule has 0 saturated heterocycles. The van der Waals surface area contributed by atoms with Crippen molar-refractivity contribution in [2.45, 2.75) is 26.2 Å². The minimum atomic E-state index is 0.297. The highest BCUT2D eigenvalue weighted by atomic mass is 16.5. The Morgan fingerprint density at radius 1 is 1.41 bits per heavy atom. The number of methoxy groups -OCH3 is 1. The van der Waals surface area contributed by atoms with E-state index in [1.165, 1.54) is 0 Å². The van der Waals surface area contributed by atoms with Crippen LogP contribution in [0.25, 0.3) is 6.08 Å². The molecular formula is C15H18O2. The van der Waals surface area contributed by atoms with Crippen LogP contribution in [-0.2, 0) is 4.79 Å². The molecule has 1 aromatic rings. The number of ether oxygens (including phenoxy) is 1. The molecule has 0 aliphatic heterocycles. The van der Waals surface area contributed by atoms with Gasteiger partial charge in [-0.3, -0.25) is 4.79 Å². The molecule has 1 aliphatic carbocycles. The molecule has 2 nitrogen and oxygen atoms in total. The van der Waals surface area contributed by atoms with E-state index < -0.39 is 0 Å². The van der Waals surface area contributed by atoms with Crippen LogP contribution in [0.1, 0.15) is 31.7 Å². The summed E-state index contributed by atoms with van der Waals surface area (Å²) in [7, 11) is 1.65. The number of allylic oxidation sites excluding steroid dienone is 1. The number of ketones is 1. The van der Waals surface area contributed by atoms with Crippen molar-refractivity contribution >= 4 is 11.9 Å². The normalized spacial score (nSPS) is 22.8. The summed E-state index contributed by atoms with van der Waals surface area (Å²) >= 11 is 0. The lowest BCUT2D eigenvalue weighted by atomic mass is 9.85. The van der Waals surface area contributed by atoms with E-state index in [4.69, 9.17) is 4.74 Å². The maximum atomic E-state index is 11.8. The molecule has 17 heavy (non-hydrogen) atoms. The molecule has 0 heterocycles. The van der Waals surface area contributed by atoms with E-state index >= 15 is 0 Å². The van der Waals surface area contributed by atoms with E-state index in [2.05, 4.69) is 6.92 Å². The van der Waals surface area contributed by atoms with Crippen molar-refractivity contribution in [3.63, 3.8) is 0 Å². The molecule has 1 aromatic carbocycles. The van der Waals surface area contributed by atoms with Crippen LogP contribution in [0.15, 0.2) is 29.8 Å². The minimum Gasteiger partial charge on any atom is -0.497 e. The molecule has 1 fully saturated rings. The summed E-state index contributed by atoms with van der Waals surface area (Å²) in [5, 5.41) is 0. The highest BCUT2D eigenvalue weighted by Gasteiger charge is 2.19. The summed E-state index contributed by atoms with van der Waals surface area (Å²) in [6.07, 6.45) is 4.61. The molecule has 0 aromatic heterocycles. The average Bonchev–Trinajstić information content (AvgIpc) is 2.34. The van der Waals surface area contributed by atoms with Crippen molar-refractivity contribution in [1.82, 2.24) is 0 Å². The van der Waals surface area contributed by atoms with Crippen LogP contribution in [0, 0.1) is 5.92 Å². The van der Waals surface area contributed by atoms with Gasteiger partial charge in [-0.25, -0.2) is 0 Å². The standard InChI is InChI=1S/C15H18O2/c1-11-6-7-15(16)13(8-11)9-12-4-3-5-14(10-12)17-2/h3-5,9-11H,6-8H2,1-2H3/b13-9-. The molecule has 0 N–H and O–H groups in total. The third-order valence-electron chi connectivity index (χ3n) is 3.23. The van der Waals surface area contributed by atoms with Crippen LogP contribution in [0.3, 0.4) is 0 Å². The van der Waals surface area contributed by atoms with Gasteiger partial charge < -0.3 is 4.74 Å². The molecule has 1 unspecified atom stereocenters. The van der Waals surface area contributed by atoms with Gasteiger partial charge in [0.1, 0.15) is 5.75 Å². The Hall–Kier alpha value is -1.57. The number of rotatable bonds is 2. The van der Waals surface area contributed by atoms with E-state index in [0.717, 1.165) is 29.7 Å². The first-order valence-electron chi connectivity index (χ1n) is 6.07. The van der Waals surface area contributed by atoms with Crippen molar-refractivity contribution < 1.29 is 9.53 Å². The molecule has 1 aliphatic rings. The van der Waals surface area contributed by atoms with E-state index in [9.17, 15) is 4.79 Å². The van der Waals surface area contributed by atoms with Gasteiger partial charge in [-0.05, 0) is 48.1 Å². The van der Waals surface area contributed by atoms with Crippen molar-refractivity contribution in [3.05, 3.63) is 35.4 Å². The number of carbonyl (C=O) groups excluding carboxylic acids is 1. The zero-order chi connectivity index (χ0) is 12.3. The van der Waals surface area contributed by atoms with Crippen LogP contribution < -0.4 is 4.74 Å². The monoisotopic (exact) mass is 230 g/mol. The molecule has 0 amide bonds. The minimum absolute atomic E-state index is 0.297. The average molecular weight is 230 g/mol. The highest BCUT2D eigenvalue weighted by Crippen LogP contribution is 2.27. The van der Waals surface area contributed by atoms with Crippen molar-refractivity contribution in [1.29, 1.82) is 0 Å². The molecule has 90 valence electrons. The zero-order valence-electron chi connectivity index (χ0n) is 10.4. The smallest absolute Gasteiger partial charge is 0.158 e. The van der Waals surface area contributed by atoms with E-state index in [1.54, 1.807) is 7.11 Å². The van der Waals surface area contributed by atoms with Crippen LogP contribution in [0.4, 0.5) is 0 Å². The van der Waals surface area contributed by atoms with Gasteiger partial charge in [0.05, 0.1) is 7.11 Å². The summed E-state index contributed by atoms with van der Waals surface area (Å²) in [4.78, 5) is 11.8. The summed E-state index contributed by atoms with van der Waals surface area (Å²) in [5.41, 5.74) is 2.00. The lowest BCUT2D eigenvalue weighted by Gasteiger charge is -2.19. The van der Waals surface area contributed by atoms with Crippen molar-refractivity contribution in [2.24, 2.45) is 5.92 Å². The van der Waals surface area contributed by atoms with Gasteiger partial charge in [0, 0.05) is 6.42 Å². The fourth-order valence-electron chi connectivity index (χ4n) is 2.20. The Balaban J connectivity index is 2.24. The van der Waals surface area contributed by atoms with Crippen LogP contribution in [0.2, 0.25) is 0 Å². The molecule has 1 saturated carbocycles. The zero-order valence-corrected chi connectivity index (χ0v) is 10.4. The lowest BCUT2D eigenvalue weighted by molar-refractivity contribution is -0.116. The SMILES string of the molecule is COc1cccc(/C=C2/CC(C)CCC2=O)c1. The second-order valence-corrected chi connectivity index (χ2v) is 4.72. The summed E-state index contributed by atoms with van der Waals surface area (Å²) in [5.74, 6) is 1.74.